The number of aromatic nitrogens is 2. The standard InChI is InChI=1S/C18H20BrClN4O/c1-11(19)14-8-12-15(10-22-14)23-17(20)13(9-21)16(12)24-6-4-18(2,25-3)5-7-24/h8,10-11H,4-7H2,1-3H3/i2D. The summed E-state index contributed by atoms with van der Waals surface area (Å²) in [5.74, 6) is 0. The molecule has 1 unspecified atom stereocenters. The van der Waals surface area contributed by atoms with Crippen LogP contribution in [0.4, 0.5) is 5.69 Å². The van der Waals surface area contributed by atoms with Crippen LogP contribution in [0, 0.1) is 11.3 Å². The lowest BCUT2D eigenvalue weighted by Gasteiger charge is -2.40. The molecule has 2 aromatic heterocycles. The molecule has 3 rings (SSSR count). The third-order valence-corrected chi connectivity index (χ3v) is 5.51. The van der Waals surface area contributed by atoms with Crippen LogP contribution >= 0.6 is 27.5 Å². The van der Waals surface area contributed by atoms with Gasteiger partial charge in [0.2, 0.25) is 0 Å². The Morgan fingerprint density at radius 3 is 2.80 bits per heavy atom. The molecule has 1 saturated heterocycles. The first-order valence-corrected chi connectivity index (χ1v) is 9.36. The van der Waals surface area contributed by atoms with Gasteiger partial charge >= 0.3 is 0 Å². The Morgan fingerprint density at radius 1 is 1.52 bits per heavy atom. The molecule has 0 bridgehead atoms. The molecular formula is C18H20BrClN4O. The van der Waals surface area contributed by atoms with E-state index in [-0.39, 0.29) is 16.9 Å². The van der Waals surface area contributed by atoms with Crippen LogP contribution in [0.15, 0.2) is 12.3 Å². The van der Waals surface area contributed by atoms with Gasteiger partial charge in [-0.15, -0.1) is 0 Å². The number of hydrogen-bond acceptors (Lipinski definition) is 5. The fourth-order valence-corrected chi connectivity index (χ4v) is 3.60. The molecule has 1 atom stereocenters. The first-order valence-electron chi connectivity index (χ1n) is 8.78. The van der Waals surface area contributed by atoms with E-state index in [1.807, 2.05) is 13.0 Å². The van der Waals surface area contributed by atoms with Crippen molar-refractivity contribution < 1.29 is 6.11 Å². The minimum Gasteiger partial charge on any atom is -0.378 e. The summed E-state index contributed by atoms with van der Waals surface area (Å²) in [6, 6.07) is 4.18. The van der Waals surface area contributed by atoms with Gasteiger partial charge in [-0.25, -0.2) is 4.98 Å². The number of nitrogens with zero attached hydrogens (tertiary/aromatic N) is 4. The maximum absolute atomic E-state index is 9.68. The van der Waals surface area contributed by atoms with E-state index >= 15 is 0 Å². The van der Waals surface area contributed by atoms with E-state index in [0.717, 1.165) is 29.6 Å². The fraction of sp³-hybridized carbons (Fsp3) is 0.500. The molecule has 1 fully saturated rings. The van der Waals surface area contributed by atoms with Gasteiger partial charge in [0.15, 0.2) is 0 Å². The van der Waals surface area contributed by atoms with Crippen molar-refractivity contribution in [3.8, 4) is 6.07 Å². The van der Waals surface area contributed by atoms with Crippen molar-refractivity contribution in [1.82, 2.24) is 9.97 Å². The zero-order valence-corrected chi connectivity index (χ0v) is 16.6. The third kappa shape index (κ3) is 3.46. The first kappa shape index (κ1) is 17.0. The van der Waals surface area contributed by atoms with Crippen LogP contribution < -0.4 is 4.90 Å². The van der Waals surface area contributed by atoms with Crippen molar-refractivity contribution in [2.24, 2.45) is 0 Å². The molecule has 1 aliphatic rings. The number of halogens is 2. The van der Waals surface area contributed by atoms with Crippen LogP contribution in [0.2, 0.25) is 5.15 Å². The number of piperidine rings is 1. The monoisotopic (exact) mass is 423 g/mol. The molecule has 7 heteroatoms. The van der Waals surface area contributed by atoms with Crippen LogP contribution in [0.5, 0.6) is 0 Å². The average molecular weight is 425 g/mol. The Labute approximate surface area is 162 Å². The summed E-state index contributed by atoms with van der Waals surface area (Å²) in [5.41, 5.74) is 2.32. The second-order valence-electron chi connectivity index (χ2n) is 6.35. The highest BCUT2D eigenvalue weighted by Crippen LogP contribution is 2.38. The van der Waals surface area contributed by atoms with Gasteiger partial charge in [0.05, 0.1) is 33.5 Å². The molecule has 0 N–H and O–H groups in total. The van der Waals surface area contributed by atoms with Crippen molar-refractivity contribution in [1.29, 1.82) is 5.26 Å². The third-order valence-electron chi connectivity index (χ3n) is 4.76. The molecule has 1 aliphatic heterocycles. The number of nitriles is 1. The zero-order chi connectivity index (χ0) is 18.9. The molecular weight excluding hydrogens is 404 g/mol. The molecule has 0 saturated carbocycles. The maximum Gasteiger partial charge on any atom is 0.149 e. The van der Waals surface area contributed by atoms with Crippen LogP contribution in [-0.4, -0.2) is 35.8 Å². The largest absolute Gasteiger partial charge is 0.378 e. The lowest BCUT2D eigenvalue weighted by Crippen LogP contribution is -2.44. The molecule has 5 nitrogen and oxygen atoms in total. The van der Waals surface area contributed by atoms with Crippen molar-refractivity contribution in [3.63, 3.8) is 0 Å². The average Bonchev–Trinajstić information content (AvgIpc) is 2.66. The Bertz CT molecular complexity index is 856. The van der Waals surface area contributed by atoms with Crippen molar-refractivity contribution in [2.75, 3.05) is 25.1 Å². The summed E-state index contributed by atoms with van der Waals surface area (Å²) in [6.45, 7) is 3.62. The molecule has 132 valence electrons. The van der Waals surface area contributed by atoms with Gasteiger partial charge in [-0.1, -0.05) is 27.5 Å². The summed E-state index contributed by atoms with van der Waals surface area (Å²) in [7, 11) is 1.67. The summed E-state index contributed by atoms with van der Waals surface area (Å²) in [5, 5.41) is 10.8. The van der Waals surface area contributed by atoms with E-state index in [2.05, 4.69) is 36.9 Å². The lowest BCUT2D eigenvalue weighted by molar-refractivity contribution is -0.0132. The van der Waals surface area contributed by atoms with Gasteiger partial charge < -0.3 is 9.64 Å². The first-order chi connectivity index (χ1) is 12.4. The smallest absolute Gasteiger partial charge is 0.149 e. The minimum atomic E-state index is -0.410. The Morgan fingerprint density at radius 2 is 2.24 bits per heavy atom. The van der Waals surface area contributed by atoms with E-state index in [4.69, 9.17) is 17.7 Å². The predicted octanol–water partition coefficient (Wildman–Crippen LogP) is 4.62. The van der Waals surface area contributed by atoms with Gasteiger partial charge in [-0.05, 0) is 32.7 Å². The SMILES string of the molecule is [2H]CC1(OC)CCN(c2c(C#N)c(Cl)nc3cnc(C(C)Br)cc23)CC1. The number of ether oxygens (including phenoxy) is 1. The number of methoxy groups -OCH3 is 1. The molecule has 2 aromatic rings. The highest BCUT2D eigenvalue weighted by atomic mass is 79.9. The van der Waals surface area contributed by atoms with Crippen LogP contribution in [-0.2, 0) is 4.74 Å². The van der Waals surface area contributed by atoms with E-state index in [1.165, 1.54) is 0 Å². The maximum atomic E-state index is 9.68. The summed E-state index contributed by atoms with van der Waals surface area (Å²) in [4.78, 5) is 11.0. The van der Waals surface area contributed by atoms with E-state index in [1.54, 1.807) is 13.3 Å². The van der Waals surface area contributed by atoms with Gasteiger partial charge in [-0.2, -0.15) is 5.26 Å². The molecule has 3 heterocycles. The molecule has 0 amide bonds. The van der Waals surface area contributed by atoms with E-state index in [9.17, 15) is 5.26 Å². The highest BCUT2D eigenvalue weighted by Gasteiger charge is 2.32. The van der Waals surface area contributed by atoms with Crippen molar-refractivity contribution >= 4 is 44.1 Å². The molecule has 0 aromatic carbocycles. The minimum absolute atomic E-state index is 0.0896. The summed E-state index contributed by atoms with van der Waals surface area (Å²) < 4.78 is 13.4. The number of fused-ring (bicyclic) bond motifs is 1. The van der Waals surface area contributed by atoms with Crippen LogP contribution in [0.1, 0.15) is 44.1 Å². The zero-order valence-electron chi connectivity index (χ0n) is 15.2. The number of alkyl halides is 1. The van der Waals surface area contributed by atoms with Gasteiger partial charge in [-0.3, -0.25) is 4.98 Å². The number of hydrogen-bond donors (Lipinski definition) is 0. The number of pyridine rings is 2. The number of anilines is 1. The van der Waals surface area contributed by atoms with Crippen LogP contribution in [0.25, 0.3) is 10.9 Å². The van der Waals surface area contributed by atoms with Gasteiger partial charge in [0.1, 0.15) is 16.8 Å². The van der Waals surface area contributed by atoms with Gasteiger partial charge in [0.25, 0.3) is 0 Å². The Kier molecular flexibility index (Phi) is 4.81. The van der Waals surface area contributed by atoms with Gasteiger partial charge in [0, 0.05) is 27.0 Å². The second-order valence-corrected chi connectivity index (χ2v) is 8.09. The quantitative estimate of drug-likeness (QED) is 0.531. The molecule has 0 radical (unpaired) electrons. The van der Waals surface area contributed by atoms with Crippen LogP contribution in [0.3, 0.4) is 0 Å². The Balaban J connectivity index is 2.11. The Hall–Kier alpha value is -1.42. The molecule has 0 aliphatic carbocycles. The van der Waals surface area contributed by atoms with E-state index in [0.29, 0.717) is 24.2 Å². The normalized spacial score (nSPS) is 18.7. The fourth-order valence-electron chi connectivity index (χ4n) is 3.12. The second kappa shape index (κ2) is 7.06. The molecule has 0 spiro atoms. The topological polar surface area (TPSA) is 62.0 Å². The highest BCUT2D eigenvalue weighted by molar-refractivity contribution is 9.09. The van der Waals surface area contributed by atoms with Crippen molar-refractivity contribution in [2.45, 2.75) is 37.1 Å². The molecule has 25 heavy (non-hydrogen) atoms. The summed E-state index contributed by atoms with van der Waals surface area (Å²) >= 11 is 9.84. The number of rotatable bonds is 3. The van der Waals surface area contributed by atoms with Crippen molar-refractivity contribution in [3.05, 3.63) is 28.7 Å². The predicted molar refractivity (Wildman–Crippen MR) is 103 cm³/mol. The summed E-state index contributed by atoms with van der Waals surface area (Å²) in [6.07, 6.45) is 3.16. The lowest BCUT2D eigenvalue weighted by atomic mass is 9.92. The van der Waals surface area contributed by atoms with E-state index < -0.39 is 5.60 Å².